The molecule has 2 aromatic rings. The number of amides is 1. The second kappa shape index (κ2) is 6.47. The Labute approximate surface area is 129 Å². The maximum Gasteiger partial charge on any atom is 0.408 e. The normalized spacial score (nSPS) is 11.0. The summed E-state index contributed by atoms with van der Waals surface area (Å²) < 4.78 is 10.8. The van der Waals surface area contributed by atoms with Crippen LogP contribution in [0.25, 0.3) is 11.3 Å². The zero-order valence-electron chi connectivity index (χ0n) is 12.9. The zero-order valence-corrected chi connectivity index (χ0v) is 12.9. The number of nitrogens with one attached hydrogen (secondary N) is 1. The third kappa shape index (κ3) is 4.48. The van der Waals surface area contributed by atoms with Crippen molar-refractivity contribution < 1.29 is 18.7 Å². The molecule has 0 radical (unpaired) electrons. The van der Waals surface area contributed by atoms with Crippen LogP contribution in [0.2, 0.25) is 0 Å². The zero-order chi connectivity index (χ0) is 16.2. The topological polar surface area (TPSA) is 68.5 Å². The van der Waals surface area contributed by atoms with Crippen LogP contribution in [-0.2, 0) is 11.3 Å². The number of rotatable bonds is 4. The number of hydrogen-bond donors (Lipinski definition) is 1. The highest BCUT2D eigenvalue weighted by molar-refractivity contribution is 5.76. The molecule has 116 valence electrons. The van der Waals surface area contributed by atoms with Crippen molar-refractivity contribution in [2.75, 3.05) is 0 Å². The molecule has 5 heteroatoms. The predicted octanol–water partition coefficient (Wildman–Crippen LogP) is 3.78. The number of benzene rings is 1. The molecule has 5 nitrogen and oxygen atoms in total. The summed E-state index contributed by atoms with van der Waals surface area (Å²) in [6.07, 6.45) is 0.308. The molecule has 1 N–H and O–H groups in total. The Morgan fingerprint density at radius 3 is 2.45 bits per heavy atom. The molecule has 0 aliphatic carbocycles. The fourth-order valence-corrected chi connectivity index (χ4v) is 1.83. The Bertz CT molecular complexity index is 650. The molecule has 0 bridgehead atoms. The highest BCUT2D eigenvalue weighted by Gasteiger charge is 2.16. The van der Waals surface area contributed by atoms with Crippen LogP contribution in [0.5, 0.6) is 0 Å². The van der Waals surface area contributed by atoms with Crippen LogP contribution in [0.1, 0.15) is 36.9 Å². The van der Waals surface area contributed by atoms with Gasteiger partial charge in [-0.2, -0.15) is 0 Å². The van der Waals surface area contributed by atoms with E-state index in [1.165, 1.54) is 0 Å². The quantitative estimate of drug-likeness (QED) is 0.872. The first-order valence-corrected chi connectivity index (χ1v) is 6.98. The average molecular weight is 301 g/mol. The van der Waals surface area contributed by atoms with Crippen molar-refractivity contribution in [3.8, 4) is 11.3 Å². The van der Waals surface area contributed by atoms with E-state index in [9.17, 15) is 9.59 Å². The fourth-order valence-electron chi connectivity index (χ4n) is 1.83. The van der Waals surface area contributed by atoms with E-state index in [2.05, 4.69) is 5.32 Å². The Kier molecular flexibility index (Phi) is 4.65. The standard InChI is InChI=1S/C17H19NO4/c1-17(2,3)22-16(20)18-10-14-8-9-15(21-14)13-6-4-12(11-19)5-7-13/h4-9,11H,10H2,1-3H3,(H,18,20). The van der Waals surface area contributed by atoms with Gasteiger partial charge in [0.1, 0.15) is 23.4 Å². The van der Waals surface area contributed by atoms with E-state index in [1.807, 2.05) is 18.2 Å². The Hall–Kier alpha value is -2.56. The smallest absolute Gasteiger partial charge is 0.408 e. The molecule has 2 rings (SSSR count). The van der Waals surface area contributed by atoms with Crippen molar-refractivity contribution in [1.82, 2.24) is 5.32 Å². The number of ether oxygens (including phenoxy) is 1. The van der Waals surface area contributed by atoms with Gasteiger partial charge in [0, 0.05) is 11.1 Å². The van der Waals surface area contributed by atoms with Gasteiger partial charge in [-0.15, -0.1) is 0 Å². The van der Waals surface area contributed by atoms with Crippen molar-refractivity contribution in [1.29, 1.82) is 0 Å². The SMILES string of the molecule is CC(C)(C)OC(=O)NCc1ccc(-c2ccc(C=O)cc2)o1. The number of alkyl carbamates (subject to hydrolysis) is 1. The van der Waals surface area contributed by atoms with Crippen molar-refractivity contribution in [2.45, 2.75) is 32.9 Å². The highest BCUT2D eigenvalue weighted by Crippen LogP contribution is 2.22. The molecule has 0 unspecified atom stereocenters. The van der Waals surface area contributed by atoms with E-state index in [1.54, 1.807) is 39.0 Å². The molecular formula is C17H19NO4. The number of carbonyl (C=O) groups is 2. The highest BCUT2D eigenvalue weighted by atomic mass is 16.6. The van der Waals surface area contributed by atoms with Crippen LogP contribution in [-0.4, -0.2) is 18.0 Å². The summed E-state index contributed by atoms with van der Waals surface area (Å²) in [5, 5.41) is 2.64. The third-order valence-electron chi connectivity index (χ3n) is 2.80. The second-order valence-electron chi connectivity index (χ2n) is 5.86. The molecule has 1 amide bonds. The summed E-state index contributed by atoms with van der Waals surface area (Å²) >= 11 is 0. The van der Waals surface area contributed by atoms with Gasteiger partial charge in [-0.05, 0) is 32.9 Å². The fraction of sp³-hybridized carbons (Fsp3) is 0.294. The van der Waals surface area contributed by atoms with E-state index in [-0.39, 0.29) is 6.54 Å². The Morgan fingerprint density at radius 2 is 1.86 bits per heavy atom. The Morgan fingerprint density at radius 1 is 1.18 bits per heavy atom. The minimum Gasteiger partial charge on any atom is -0.459 e. The lowest BCUT2D eigenvalue weighted by Crippen LogP contribution is -2.32. The molecule has 0 spiro atoms. The second-order valence-corrected chi connectivity index (χ2v) is 5.86. The molecule has 0 saturated carbocycles. The van der Waals surface area contributed by atoms with E-state index in [0.717, 1.165) is 11.8 Å². The lowest BCUT2D eigenvalue weighted by molar-refractivity contribution is 0.0520. The van der Waals surface area contributed by atoms with Gasteiger partial charge in [-0.3, -0.25) is 4.79 Å². The maximum absolute atomic E-state index is 11.6. The van der Waals surface area contributed by atoms with Gasteiger partial charge in [0.25, 0.3) is 0 Å². The number of furan rings is 1. The van der Waals surface area contributed by atoms with Gasteiger partial charge in [0.2, 0.25) is 0 Å². The summed E-state index contributed by atoms with van der Waals surface area (Å²) in [7, 11) is 0. The molecule has 0 aliphatic rings. The molecular weight excluding hydrogens is 282 g/mol. The largest absolute Gasteiger partial charge is 0.459 e. The summed E-state index contributed by atoms with van der Waals surface area (Å²) in [4.78, 5) is 22.2. The molecule has 0 fully saturated rings. The van der Waals surface area contributed by atoms with Crippen LogP contribution in [0.4, 0.5) is 4.79 Å². The first-order valence-electron chi connectivity index (χ1n) is 6.98. The van der Waals surface area contributed by atoms with Crippen molar-refractivity contribution >= 4 is 12.4 Å². The number of carbonyl (C=O) groups excluding carboxylic acids is 2. The predicted molar refractivity (Wildman–Crippen MR) is 82.6 cm³/mol. The van der Waals surface area contributed by atoms with Crippen LogP contribution in [0.3, 0.4) is 0 Å². The summed E-state index contributed by atoms with van der Waals surface area (Å²) in [6.45, 7) is 5.67. The molecule has 0 aliphatic heterocycles. The van der Waals surface area contributed by atoms with Crippen LogP contribution in [0.15, 0.2) is 40.8 Å². The lowest BCUT2D eigenvalue weighted by atomic mass is 10.1. The van der Waals surface area contributed by atoms with E-state index in [0.29, 0.717) is 17.1 Å². The van der Waals surface area contributed by atoms with E-state index in [4.69, 9.17) is 9.15 Å². The van der Waals surface area contributed by atoms with Gasteiger partial charge in [-0.1, -0.05) is 24.3 Å². The van der Waals surface area contributed by atoms with Crippen LogP contribution in [0, 0.1) is 0 Å². The van der Waals surface area contributed by atoms with Crippen molar-refractivity contribution in [3.05, 3.63) is 47.7 Å². The van der Waals surface area contributed by atoms with Crippen LogP contribution >= 0.6 is 0 Å². The van der Waals surface area contributed by atoms with E-state index >= 15 is 0 Å². The maximum atomic E-state index is 11.6. The Balaban J connectivity index is 1.96. The third-order valence-corrected chi connectivity index (χ3v) is 2.80. The average Bonchev–Trinajstić information content (AvgIpc) is 2.92. The summed E-state index contributed by atoms with van der Waals surface area (Å²) in [5.74, 6) is 1.30. The number of hydrogen-bond acceptors (Lipinski definition) is 4. The minimum absolute atomic E-state index is 0.251. The van der Waals surface area contributed by atoms with Gasteiger partial charge in [-0.25, -0.2) is 4.79 Å². The number of aldehydes is 1. The van der Waals surface area contributed by atoms with Gasteiger partial charge >= 0.3 is 6.09 Å². The van der Waals surface area contributed by atoms with Gasteiger partial charge in [0.15, 0.2) is 0 Å². The minimum atomic E-state index is -0.529. The summed E-state index contributed by atoms with van der Waals surface area (Å²) in [5.41, 5.74) is 0.954. The molecule has 0 atom stereocenters. The molecule has 1 aromatic carbocycles. The molecule has 0 saturated heterocycles. The van der Waals surface area contributed by atoms with E-state index < -0.39 is 11.7 Å². The van der Waals surface area contributed by atoms with Crippen molar-refractivity contribution in [2.24, 2.45) is 0 Å². The van der Waals surface area contributed by atoms with Crippen LogP contribution < -0.4 is 5.32 Å². The summed E-state index contributed by atoms with van der Waals surface area (Å²) in [6, 6.07) is 10.7. The molecule has 1 heterocycles. The first kappa shape index (κ1) is 15.8. The van der Waals surface area contributed by atoms with Crippen molar-refractivity contribution in [3.63, 3.8) is 0 Å². The first-order chi connectivity index (χ1) is 10.4. The van der Waals surface area contributed by atoms with Gasteiger partial charge in [0.05, 0.1) is 6.54 Å². The monoisotopic (exact) mass is 301 g/mol. The lowest BCUT2D eigenvalue weighted by Gasteiger charge is -2.19. The van der Waals surface area contributed by atoms with Gasteiger partial charge < -0.3 is 14.5 Å². The molecule has 1 aromatic heterocycles. The molecule has 22 heavy (non-hydrogen) atoms.